The molecule has 0 spiro atoms. The van der Waals surface area contributed by atoms with Crippen molar-refractivity contribution < 1.29 is 9.59 Å². The fourth-order valence-corrected chi connectivity index (χ4v) is 5.25. The zero-order valence-corrected chi connectivity index (χ0v) is 14.4. The molecule has 0 aromatic rings. The molecule has 0 amide bonds. The zero-order chi connectivity index (χ0) is 16.4. The molecule has 0 saturated heterocycles. The molecule has 0 N–H and O–H groups in total. The quantitative estimate of drug-likeness (QED) is 0.411. The van der Waals surface area contributed by atoms with Crippen molar-refractivity contribution in [3.05, 3.63) is 23.8 Å². The molecule has 2 fully saturated rings. The first-order valence-electron chi connectivity index (χ1n) is 8.60. The van der Waals surface area contributed by atoms with Gasteiger partial charge in [-0.3, -0.25) is 4.79 Å². The summed E-state index contributed by atoms with van der Waals surface area (Å²) in [6.07, 6.45) is 10.9. The molecule has 2 aliphatic rings. The van der Waals surface area contributed by atoms with Crippen LogP contribution in [0.25, 0.3) is 0 Å². The average Bonchev–Trinajstić information content (AvgIpc) is 2.44. The van der Waals surface area contributed by atoms with Crippen molar-refractivity contribution in [2.75, 3.05) is 0 Å². The van der Waals surface area contributed by atoms with E-state index in [1.807, 2.05) is 6.08 Å². The number of carbonyl (C=O) groups is 2. The van der Waals surface area contributed by atoms with Gasteiger partial charge in [-0.2, -0.15) is 0 Å². The van der Waals surface area contributed by atoms with Crippen molar-refractivity contribution in [1.29, 1.82) is 0 Å². The van der Waals surface area contributed by atoms with E-state index in [4.69, 9.17) is 0 Å². The Labute approximate surface area is 135 Å². The van der Waals surface area contributed by atoms with E-state index in [-0.39, 0.29) is 11.8 Å². The van der Waals surface area contributed by atoms with Gasteiger partial charge in [0, 0.05) is 6.42 Å². The second kappa shape index (κ2) is 6.52. The second-order valence-electron chi connectivity index (χ2n) is 8.15. The molecule has 2 aliphatic carbocycles. The summed E-state index contributed by atoms with van der Waals surface area (Å²) in [6, 6.07) is 0. The summed E-state index contributed by atoms with van der Waals surface area (Å²) >= 11 is 0. The van der Waals surface area contributed by atoms with Gasteiger partial charge in [-0.25, -0.2) is 0 Å². The van der Waals surface area contributed by atoms with Crippen LogP contribution in [-0.2, 0) is 9.59 Å². The molecule has 0 unspecified atom stereocenters. The Kier molecular flexibility index (Phi) is 5.09. The SMILES string of the molecule is C=C1CC[C@H]2C(C)(C)CCC[C@]2(C)[C@H]1C/C=C(/C=O)CC=O. The summed E-state index contributed by atoms with van der Waals surface area (Å²) in [4.78, 5) is 21.7. The van der Waals surface area contributed by atoms with E-state index >= 15 is 0 Å². The molecule has 0 aromatic heterocycles. The van der Waals surface area contributed by atoms with Gasteiger partial charge in [-0.15, -0.1) is 0 Å². The Morgan fingerprint density at radius 3 is 2.64 bits per heavy atom. The van der Waals surface area contributed by atoms with Crippen molar-refractivity contribution in [3.8, 4) is 0 Å². The third-order valence-corrected chi connectivity index (χ3v) is 6.41. The predicted molar refractivity (Wildman–Crippen MR) is 90.5 cm³/mol. The van der Waals surface area contributed by atoms with Crippen molar-refractivity contribution in [2.45, 2.75) is 65.7 Å². The van der Waals surface area contributed by atoms with E-state index in [9.17, 15) is 9.59 Å². The van der Waals surface area contributed by atoms with Gasteiger partial charge in [0.05, 0.1) is 0 Å². The Balaban J connectivity index is 2.26. The molecular weight excluding hydrogens is 272 g/mol. The minimum absolute atomic E-state index is 0.230. The number of fused-ring (bicyclic) bond motifs is 1. The highest BCUT2D eigenvalue weighted by atomic mass is 16.1. The van der Waals surface area contributed by atoms with Crippen molar-refractivity contribution in [1.82, 2.24) is 0 Å². The lowest BCUT2D eigenvalue weighted by Crippen LogP contribution is -2.49. The minimum Gasteiger partial charge on any atom is -0.303 e. The number of carbonyl (C=O) groups excluding carboxylic acids is 2. The standard InChI is InChI=1S/C20H30O2/c1-15-6-9-18-19(2,3)11-5-12-20(18,4)17(15)8-7-16(14-22)10-13-21/h7,13-14,17-18H,1,5-6,8-12H2,2-4H3/b16-7+/t17-,18-,20+/m0/s1. The largest absolute Gasteiger partial charge is 0.303 e. The summed E-state index contributed by atoms with van der Waals surface area (Å²) < 4.78 is 0. The first kappa shape index (κ1) is 17.2. The number of rotatable bonds is 5. The number of hydrogen-bond donors (Lipinski definition) is 0. The third kappa shape index (κ3) is 3.11. The molecule has 122 valence electrons. The average molecular weight is 302 g/mol. The number of hydrogen-bond acceptors (Lipinski definition) is 2. The Bertz CT molecular complexity index is 486. The van der Waals surface area contributed by atoms with Gasteiger partial charge in [-0.1, -0.05) is 45.4 Å². The van der Waals surface area contributed by atoms with Gasteiger partial charge in [0.2, 0.25) is 0 Å². The maximum Gasteiger partial charge on any atom is 0.146 e. The molecule has 0 heterocycles. The Morgan fingerprint density at radius 1 is 1.27 bits per heavy atom. The molecule has 2 saturated carbocycles. The van der Waals surface area contributed by atoms with E-state index in [2.05, 4.69) is 27.4 Å². The van der Waals surface area contributed by atoms with Gasteiger partial charge in [0.1, 0.15) is 12.6 Å². The van der Waals surface area contributed by atoms with Crippen LogP contribution in [0, 0.1) is 22.7 Å². The normalized spacial score (nSPS) is 34.9. The van der Waals surface area contributed by atoms with Crippen LogP contribution >= 0.6 is 0 Å². The maximum absolute atomic E-state index is 11.1. The van der Waals surface area contributed by atoms with E-state index in [0.29, 0.717) is 16.9 Å². The van der Waals surface area contributed by atoms with Crippen molar-refractivity contribution >= 4 is 12.6 Å². The van der Waals surface area contributed by atoms with E-state index in [1.54, 1.807) is 0 Å². The van der Waals surface area contributed by atoms with Gasteiger partial charge in [0.15, 0.2) is 0 Å². The van der Waals surface area contributed by atoms with Crippen molar-refractivity contribution in [3.63, 3.8) is 0 Å². The highest BCUT2D eigenvalue weighted by Gasteiger charge is 2.52. The Hall–Kier alpha value is -1.18. The predicted octanol–water partition coefficient (Wildman–Crippen LogP) is 4.89. The first-order valence-corrected chi connectivity index (χ1v) is 8.60. The summed E-state index contributed by atoms with van der Waals surface area (Å²) in [5, 5.41) is 0. The number of allylic oxidation sites excluding steroid dienone is 3. The van der Waals surface area contributed by atoms with Gasteiger partial charge < -0.3 is 4.79 Å². The Morgan fingerprint density at radius 2 is 2.00 bits per heavy atom. The molecule has 22 heavy (non-hydrogen) atoms. The zero-order valence-electron chi connectivity index (χ0n) is 14.4. The van der Waals surface area contributed by atoms with Crippen LogP contribution in [0.1, 0.15) is 65.7 Å². The molecule has 2 nitrogen and oxygen atoms in total. The highest BCUT2D eigenvalue weighted by molar-refractivity contribution is 5.78. The van der Waals surface area contributed by atoms with Gasteiger partial charge >= 0.3 is 0 Å². The van der Waals surface area contributed by atoms with Crippen LogP contribution in [0.3, 0.4) is 0 Å². The molecule has 0 aromatic carbocycles. The lowest BCUT2D eigenvalue weighted by molar-refractivity contribution is -0.109. The summed E-state index contributed by atoms with van der Waals surface area (Å²) in [5.41, 5.74) is 2.63. The molecule has 3 atom stereocenters. The van der Waals surface area contributed by atoms with Crippen LogP contribution in [0.4, 0.5) is 0 Å². The fraction of sp³-hybridized carbons (Fsp3) is 0.700. The first-order chi connectivity index (χ1) is 10.3. The van der Waals surface area contributed by atoms with Gasteiger partial charge in [0.25, 0.3) is 0 Å². The maximum atomic E-state index is 11.1. The summed E-state index contributed by atoms with van der Waals surface area (Å²) in [6.45, 7) is 11.6. The minimum atomic E-state index is 0.230. The van der Waals surface area contributed by atoms with Crippen LogP contribution < -0.4 is 0 Å². The summed E-state index contributed by atoms with van der Waals surface area (Å²) in [5.74, 6) is 1.16. The van der Waals surface area contributed by atoms with E-state index in [1.165, 1.54) is 31.3 Å². The topological polar surface area (TPSA) is 34.1 Å². The third-order valence-electron chi connectivity index (χ3n) is 6.41. The molecule has 0 radical (unpaired) electrons. The van der Waals surface area contributed by atoms with Crippen LogP contribution in [0.5, 0.6) is 0 Å². The fourth-order valence-electron chi connectivity index (χ4n) is 5.25. The lowest BCUT2D eigenvalue weighted by atomic mass is 9.47. The highest BCUT2D eigenvalue weighted by Crippen LogP contribution is 2.61. The van der Waals surface area contributed by atoms with Crippen LogP contribution in [0.15, 0.2) is 23.8 Å². The summed E-state index contributed by atoms with van der Waals surface area (Å²) in [7, 11) is 0. The van der Waals surface area contributed by atoms with Gasteiger partial charge in [-0.05, 0) is 60.3 Å². The van der Waals surface area contributed by atoms with Crippen LogP contribution in [0.2, 0.25) is 0 Å². The molecule has 2 rings (SSSR count). The second-order valence-corrected chi connectivity index (χ2v) is 8.15. The van der Waals surface area contributed by atoms with E-state index in [0.717, 1.165) is 31.3 Å². The number of aldehydes is 2. The van der Waals surface area contributed by atoms with Crippen molar-refractivity contribution in [2.24, 2.45) is 22.7 Å². The van der Waals surface area contributed by atoms with Crippen LogP contribution in [-0.4, -0.2) is 12.6 Å². The monoisotopic (exact) mass is 302 g/mol. The molecule has 0 aliphatic heterocycles. The lowest BCUT2D eigenvalue weighted by Gasteiger charge is -2.58. The molecule has 2 heteroatoms. The van der Waals surface area contributed by atoms with E-state index < -0.39 is 0 Å². The smallest absolute Gasteiger partial charge is 0.146 e. The molecular formula is C20H30O2. The molecule has 0 bridgehead atoms.